The molecular formula is C10H21NO3. The third-order valence-corrected chi connectivity index (χ3v) is 2.05. The number of carboxylic acids is 1. The van der Waals surface area contributed by atoms with Crippen LogP contribution in [0.5, 0.6) is 0 Å². The summed E-state index contributed by atoms with van der Waals surface area (Å²) in [5.74, 6) is -0.416. The van der Waals surface area contributed by atoms with Crippen LogP contribution in [0.2, 0.25) is 0 Å². The molecule has 0 aliphatic rings. The summed E-state index contributed by atoms with van der Waals surface area (Å²) < 4.78 is 0. The number of aliphatic hydroxyl groups is 1. The summed E-state index contributed by atoms with van der Waals surface area (Å²) in [7, 11) is 0. The Kier molecular flexibility index (Phi) is 8.57. The molecule has 0 heterocycles. The third kappa shape index (κ3) is 9.48. The van der Waals surface area contributed by atoms with Gasteiger partial charge in [-0.1, -0.05) is 13.3 Å². The molecule has 0 spiro atoms. The van der Waals surface area contributed by atoms with E-state index in [1.165, 1.54) is 0 Å². The zero-order valence-electron chi connectivity index (χ0n) is 8.83. The quantitative estimate of drug-likeness (QED) is 0.486. The first-order chi connectivity index (χ1) is 6.66. The van der Waals surface area contributed by atoms with Gasteiger partial charge in [0.05, 0.1) is 0 Å². The first-order valence-electron chi connectivity index (χ1n) is 5.20. The van der Waals surface area contributed by atoms with Crippen molar-refractivity contribution in [3.63, 3.8) is 0 Å². The van der Waals surface area contributed by atoms with Gasteiger partial charge in [-0.15, -0.1) is 0 Å². The molecule has 0 aromatic heterocycles. The lowest BCUT2D eigenvalue weighted by Crippen LogP contribution is -2.24. The second-order valence-corrected chi connectivity index (χ2v) is 3.70. The van der Waals surface area contributed by atoms with Crippen molar-refractivity contribution < 1.29 is 15.0 Å². The van der Waals surface area contributed by atoms with Crippen molar-refractivity contribution in [3.05, 3.63) is 0 Å². The van der Waals surface area contributed by atoms with Crippen LogP contribution < -0.4 is 5.32 Å². The monoisotopic (exact) mass is 203 g/mol. The fraction of sp³-hybridized carbons (Fsp3) is 0.900. The molecule has 0 fully saturated rings. The summed E-state index contributed by atoms with van der Waals surface area (Å²) in [6.45, 7) is 3.93. The summed E-state index contributed by atoms with van der Waals surface area (Å²) in [5, 5.41) is 20.3. The van der Waals surface area contributed by atoms with E-state index in [4.69, 9.17) is 10.2 Å². The lowest BCUT2D eigenvalue weighted by atomic mass is 10.2. The molecule has 3 N–H and O–H groups in total. The summed E-state index contributed by atoms with van der Waals surface area (Å²) in [4.78, 5) is 10.2. The summed E-state index contributed by atoms with van der Waals surface area (Å²) in [5.41, 5.74) is 0. The predicted molar refractivity (Wildman–Crippen MR) is 55.2 cm³/mol. The van der Waals surface area contributed by atoms with Gasteiger partial charge in [0, 0.05) is 13.0 Å². The van der Waals surface area contributed by atoms with Gasteiger partial charge in [-0.3, -0.25) is 4.79 Å². The molecule has 0 radical (unpaired) electrons. The lowest BCUT2D eigenvalue weighted by molar-refractivity contribution is -0.137. The van der Waals surface area contributed by atoms with Gasteiger partial charge >= 0.3 is 5.97 Å². The van der Waals surface area contributed by atoms with Crippen LogP contribution in [0.1, 0.15) is 32.6 Å². The van der Waals surface area contributed by atoms with Gasteiger partial charge in [0.15, 0.2) is 0 Å². The maximum absolute atomic E-state index is 10.2. The molecule has 0 rings (SSSR count). The number of aliphatic hydroxyl groups excluding tert-OH is 1. The average Bonchev–Trinajstić information content (AvgIpc) is 2.15. The van der Waals surface area contributed by atoms with Crippen LogP contribution in [0.25, 0.3) is 0 Å². The first-order valence-corrected chi connectivity index (χ1v) is 5.20. The largest absolute Gasteiger partial charge is 0.481 e. The fourth-order valence-electron chi connectivity index (χ4n) is 1.12. The van der Waals surface area contributed by atoms with Crippen LogP contribution in [0, 0.1) is 5.92 Å². The van der Waals surface area contributed by atoms with Gasteiger partial charge in [0.25, 0.3) is 0 Å². The number of carboxylic acid groups (broad SMARTS) is 1. The van der Waals surface area contributed by atoms with Crippen LogP contribution in [0.3, 0.4) is 0 Å². The van der Waals surface area contributed by atoms with Crippen molar-refractivity contribution in [2.75, 3.05) is 19.7 Å². The Morgan fingerprint density at radius 3 is 2.64 bits per heavy atom. The Bertz CT molecular complexity index is 150. The molecule has 0 aromatic rings. The van der Waals surface area contributed by atoms with E-state index in [0.717, 1.165) is 32.4 Å². The maximum Gasteiger partial charge on any atom is 0.303 e. The second-order valence-electron chi connectivity index (χ2n) is 3.70. The van der Waals surface area contributed by atoms with Gasteiger partial charge < -0.3 is 15.5 Å². The normalized spacial score (nSPS) is 12.7. The summed E-state index contributed by atoms with van der Waals surface area (Å²) in [6, 6.07) is 0. The van der Waals surface area contributed by atoms with Crippen molar-refractivity contribution in [2.45, 2.75) is 32.6 Å². The van der Waals surface area contributed by atoms with Crippen molar-refractivity contribution >= 4 is 5.97 Å². The molecule has 0 aliphatic heterocycles. The van der Waals surface area contributed by atoms with E-state index in [1.54, 1.807) is 0 Å². The zero-order valence-corrected chi connectivity index (χ0v) is 8.83. The second kappa shape index (κ2) is 8.97. The number of unbranched alkanes of at least 4 members (excludes halogenated alkanes) is 2. The average molecular weight is 203 g/mol. The van der Waals surface area contributed by atoms with E-state index in [-0.39, 0.29) is 13.0 Å². The minimum atomic E-state index is -0.716. The number of nitrogens with one attached hydrogen (secondary N) is 1. The first kappa shape index (κ1) is 13.4. The number of hydrogen-bond donors (Lipinski definition) is 3. The molecular weight excluding hydrogens is 182 g/mol. The number of hydrogen-bond acceptors (Lipinski definition) is 3. The van der Waals surface area contributed by atoms with Crippen LogP contribution in [0.15, 0.2) is 0 Å². The maximum atomic E-state index is 10.2. The zero-order chi connectivity index (χ0) is 10.8. The van der Waals surface area contributed by atoms with Crippen molar-refractivity contribution in [1.82, 2.24) is 5.32 Å². The molecule has 14 heavy (non-hydrogen) atoms. The molecule has 0 amide bonds. The van der Waals surface area contributed by atoms with Crippen LogP contribution >= 0.6 is 0 Å². The molecule has 84 valence electrons. The van der Waals surface area contributed by atoms with Gasteiger partial charge in [-0.25, -0.2) is 0 Å². The van der Waals surface area contributed by atoms with Crippen molar-refractivity contribution in [1.29, 1.82) is 0 Å². The van der Waals surface area contributed by atoms with E-state index < -0.39 is 5.97 Å². The molecule has 1 unspecified atom stereocenters. The van der Waals surface area contributed by atoms with E-state index in [9.17, 15) is 4.79 Å². The lowest BCUT2D eigenvalue weighted by Gasteiger charge is -2.08. The Balaban J connectivity index is 3.02. The van der Waals surface area contributed by atoms with Crippen LogP contribution in [0.4, 0.5) is 0 Å². The minimum absolute atomic E-state index is 0.214. The van der Waals surface area contributed by atoms with Gasteiger partial charge in [-0.05, 0) is 31.8 Å². The predicted octanol–water partition coefficient (Wildman–Crippen LogP) is 0.849. The highest BCUT2D eigenvalue weighted by molar-refractivity contribution is 5.66. The van der Waals surface area contributed by atoms with E-state index in [1.807, 2.05) is 6.92 Å². The fourth-order valence-corrected chi connectivity index (χ4v) is 1.12. The van der Waals surface area contributed by atoms with Crippen molar-refractivity contribution in [2.24, 2.45) is 5.92 Å². The van der Waals surface area contributed by atoms with Gasteiger partial charge in [0.2, 0.25) is 0 Å². The van der Waals surface area contributed by atoms with Crippen molar-refractivity contribution in [3.8, 4) is 0 Å². The SMILES string of the molecule is CC(CO)CNCCCCCC(=O)O. The molecule has 4 heteroatoms. The van der Waals surface area contributed by atoms with Gasteiger partial charge in [-0.2, -0.15) is 0 Å². The van der Waals surface area contributed by atoms with Crippen LogP contribution in [-0.2, 0) is 4.79 Å². The van der Waals surface area contributed by atoms with E-state index in [2.05, 4.69) is 5.32 Å². The molecule has 0 aliphatic carbocycles. The smallest absolute Gasteiger partial charge is 0.303 e. The molecule has 0 saturated heterocycles. The molecule has 0 saturated carbocycles. The molecule has 4 nitrogen and oxygen atoms in total. The highest BCUT2D eigenvalue weighted by atomic mass is 16.4. The number of carbonyl (C=O) groups is 1. The molecule has 0 bridgehead atoms. The third-order valence-electron chi connectivity index (χ3n) is 2.05. The standard InChI is InChI=1S/C10H21NO3/c1-9(8-12)7-11-6-4-2-3-5-10(13)14/h9,11-12H,2-8H2,1H3,(H,13,14). The Morgan fingerprint density at radius 1 is 1.36 bits per heavy atom. The molecule has 1 atom stereocenters. The van der Waals surface area contributed by atoms with Gasteiger partial charge in [0.1, 0.15) is 0 Å². The summed E-state index contributed by atoms with van der Waals surface area (Å²) >= 11 is 0. The van der Waals surface area contributed by atoms with E-state index >= 15 is 0 Å². The minimum Gasteiger partial charge on any atom is -0.481 e. The Labute approximate surface area is 85.3 Å². The topological polar surface area (TPSA) is 69.6 Å². The summed E-state index contributed by atoms with van der Waals surface area (Å²) in [6.07, 6.45) is 2.98. The number of aliphatic carboxylic acids is 1. The number of rotatable bonds is 9. The van der Waals surface area contributed by atoms with Crippen LogP contribution in [-0.4, -0.2) is 35.9 Å². The Hall–Kier alpha value is -0.610. The highest BCUT2D eigenvalue weighted by Gasteiger charge is 1.98. The highest BCUT2D eigenvalue weighted by Crippen LogP contribution is 1.98. The van der Waals surface area contributed by atoms with E-state index in [0.29, 0.717) is 5.92 Å². The molecule has 0 aromatic carbocycles. The Morgan fingerprint density at radius 2 is 2.07 bits per heavy atom.